The second-order valence-electron chi connectivity index (χ2n) is 6.46. The molecule has 0 radical (unpaired) electrons. The molecule has 3 aromatic rings. The minimum Gasteiger partial charge on any atom is -0.339 e. The van der Waals surface area contributed by atoms with Crippen molar-refractivity contribution >= 4 is 23.2 Å². The summed E-state index contributed by atoms with van der Waals surface area (Å²) < 4.78 is 42.5. The molecule has 1 saturated carbocycles. The molecule has 4 rings (SSSR count). The first kappa shape index (κ1) is 17.8. The van der Waals surface area contributed by atoms with Gasteiger partial charge >= 0.3 is 6.18 Å². The van der Waals surface area contributed by atoms with E-state index in [9.17, 15) is 18.0 Å². The molecule has 27 heavy (non-hydrogen) atoms. The molecule has 0 aliphatic heterocycles. The fourth-order valence-corrected chi connectivity index (χ4v) is 3.05. The Hall–Kier alpha value is -2.62. The van der Waals surface area contributed by atoms with Gasteiger partial charge in [-0.3, -0.25) is 9.20 Å². The van der Waals surface area contributed by atoms with Gasteiger partial charge in [0.15, 0.2) is 22.3 Å². The van der Waals surface area contributed by atoms with Gasteiger partial charge < -0.3 is 5.32 Å². The summed E-state index contributed by atoms with van der Waals surface area (Å²) in [6.45, 7) is 1.76. The number of fused-ring (bicyclic) bond motifs is 1. The molecule has 0 bridgehead atoms. The van der Waals surface area contributed by atoms with Crippen LogP contribution in [0, 0.1) is 12.8 Å². The minimum atomic E-state index is -4.51. The maximum absolute atomic E-state index is 13.2. The molecule has 1 aliphatic carbocycles. The van der Waals surface area contributed by atoms with Crippen molar-refractivity contribution in [1.82, 2.24) is 29.5 Å². The van der Waals surface area contributed by atoms with Crippen molar-refractivity contribution in [3.8, 4) is 5.82 Å². The van der Waals surface area contributed by atoms with Crippen molar-refractivity contribution < 1.29 is 18.0 Å². The van der Waals surface area contributed by atoms with E-state index in [-0.39, 0.29) is 16.5 Å². The molecular weight excluding hydrogens is 385 g/mol. The third-order valence-electron chi connectivity index (χ3n) is 4.42. The van der Waals surface area contributed by atoms with Crippen molar-refractivity contribution in [3.63, 3.8) is 0 Å². The largest absolute Gasteiger partial charge is 0.408 e. The van der Waals surface area contributed by atoms with Gasteiger partial charge in [-0.05, 0) is 31.7 Å². The van der Waals surface area contributed by atoms with Crippen LogP contribution in [0.5, 0.6) is 0 Å². The number of aromatic nitrogens is 5. The maximum atomic E-state index is 13.2. The van der Waals surface area contributed by atoms with E-state index in [0.717, 1.165) is 0 Å². The van der Waals surface area contributed by atoms with Crippen molar-refractivity contribution in [1.29, 1.82) is 0 Å². The van der Waals surface area contributed by atoms with Gasteiger partial charge in [-0.2, -0.15) is 18.3 Å². The quantitative estimate of drug-likeness (QED) is 0.733. The summed E-state index contributed by atoms with van der Waals surface area (Å²) >= 11 is 5.82. The highest BCUT2D eigenvalue weighted by Gasteiger charge is 2.50. The van der Waals surface area contributed by atoms with E-state index in [2.05, 4.69) is 20.4 Å². The molecule has 7 nitrogen and oxygen atoms in total. The zero-order valence-electron chi connectivity index (χ0n) is 14.0. The van der Waals surface area contributed by atoms with Gasteiger partial charge in [0.05, 0.1) is 0 Å². The van der Waals surface area contributed by atoms with E-state index in [4.69, 9.17) is 11.6 Å². The van der Waals surface area contributed by atoms with Gasteiger partial charge in [-0.15, -0.1) is 0 Å². The van der Waals surface area contributed by atoms with Gasteiger partial charge in [-0.25, -0.2) is 14.6 Å². The molecule has 0 aromatic carbocycles. The predicted molar refractivity (Wildman–Crippen MR) is 89.9 cm³/mol. The number of aryl methyl sites for hydroxylation is 1. The molecular formula is C16H14ClF3N6O. The van der Waals surface area contributed by atoms with Crippen LogP contribution in [-0.4, -0.2) is 42.3 Å². The molecule has 0 saturated heterocycles. The van der Waals surface area contributed by atoms with Crippen LogP contribution in [0.2, 0.25) is 5.15 Å². The smallest absolute Gasteiger partial charge is 0.339 e. The molecule has 1 N–H and O–H groups in total. The molecule has 1 fully saturated rings. The number of imidazole rings is 1. The summed E-state index contributed by atoms with van der Waals surface area (Å²) in [6.07, 6.45) is -0.686. The minimum absolute atomic E-state index is 0.144. The van der Waals surface area contributed by atoms with Crippen LogP contribution in [0.15, 0.2) is 24.7 Å². The maximum Gasteiger partial charge on any atom is 0.408 e. The first-order chi connectivity index (χ1) is 12.7. The van der Waals surface area contributed by atoms with Crippen molar-refractivity contribution in [2.75, 3.05) is 0 Å². The molecule has 3 heterocycles. The number of alkyl halides is 3. The highest BCUT2D eigenvalue weighted by atomic mass is 35.5. The third-order valence-corrected chi connectivity index (χ3v) is 4.62. The SMILES string of the molecule is Cc1cc(-n2ccc(Cl)n2)nc2c(C(=O)NC(C3CC3)C(F)(F)F)ncn12. The number of carbonyl (C=O) groups excluding carboxylic acids is 1. The molecule has 1 amide bonds. The molecule has 142 valence electrons. The van der Waals surface area contributed by atoms with Crippen LogP contribution in [-0.2, 0) is 0 Å². The Bertz CT molecular complexity index is 1020. The Morgan fingerprint density at radius 1 is 1.41 bits per heavy atom. The summed E-state index contributed by atoms with van der Waals surface area (Å²) in [7, 11) is 0. The molecule has 1 aliphatic rings. The highest BCUT2D eigenvalue weighted by molar-refractivity contribution is 6.29. The summed E-state index contributed by atoms with van der Waals surface area (Å²) in [4.78, 5) is 20.8. The number of nitrogens with one attached hydrogen (secondary N) is 1. The molecule has 0 spiro atoms. The Morgan fingerprint density at radius 2 is 2.15 bits per heavy atom. The molecule has 3 aromatic heterocycles. The lowest BCUT2D eigenvalue weighted by Gasteiger charge is -2.20. The topological polar surface area (TPSA) is 77.1 Å². The Balaban J connectivity index is 1.71. The first-order valence-corrected chi connectivity index (χ1v) is 8.55. The second kappa shape index (κ2) is 6.22. The van der Waals surface area contributed by atoms with Crippen LogP contribution in [0.4, 0.5) is 13.2 Å². The van der Waals surface area contributed by atoms with E-state index in [0.29, 0.717) is 24.4 Å². The predicted octanol–water partition coefficient (Wildman–Crippen LogP) is 2.95. The molecule has 1 atom stereocenters. The van der Waals surface area contributed by atoms with Gasteiger partial charge in [0.1, 0.15) is 12.4 Å². The normalized spacial score (nSPS) is 15.9. The fourth-order valence-electron chi connectivity index (χ4n) is 2.92. The monoisotopic (exact) mass is 398 g/mol. The number of carbonyl (C=O) groups is 1. The number of rotatable bonds is 4. The van der Waals surface area contributed by atoms with E-state index >= 15 is 0 Å². The van der Waals surface area contributed by atoms with E-state index in [1.165, 1.54) is 15.4 Å². The number of nitrogens with zero attached hydrogens (tertiary/aromatic N) is 5. The van der Waals surface area contributed by atoms with E-state index in [1.54, 1.807) is 25.3 Å². The lowest BCUT2D eigenvalue weighted by atomic mass is 10.1. The first-order valence-electron chi connectivity index (χ1n) is 8.18. The van der Waals surface area contributed by atoms with Gasteiger partial charge in [-0.1, -0.05) is 11.6 Å². The van der Waals surface area contributed by atoms with Gasteiger partial charge in [0.2, 0.25) is 0 Å². The van der Waals surface area contributed by atoms with Crippen molar-refractivity contribution in [3.05, 3.63) is 41.2 Å². The van der Waals surface area contributed by atoms with E-state index in [1.807, 2.05) is 0 Å². The second-order valence-corrected chi connectivity index (χ2v) is 6.84. The van der Waals surface area contributed by atoms with Gasteiger partial charge in [0.25, 0.3) is 5.91 Å². The zero-order chi connectivity index (χ0) is 19.3. The number of hydrogen-bond acceptors (Lipinski definition) is 4. The average molecular weight is 399 g/mol. The molecule has 11 heteroatoms. The van der Waals surface area contributed by atoms with Crippen LogP contribution in [0.1, 0.15) is 29.0 Å². The van der Waals surface area contributed by atoms with Crippen LogP contribution in [0.25, 0.3) is 11.5 Å². The molecule has 1 unspecified atom stereocenters. The van der Waals surface area contributed by atoms with Crippen LogP contribution >= 0.6 is 11.6 Å². The van der Waals surface area contributed by atoms with E-state index < -0.39 is 24.0 Å². The summed E-state index contributed by atoms with van der Waals surface area (Å²) in [6, 6.07) is 1.38. The number of amides is 1. The number of halogens is 4. The van der Waals surface area contributed by atoms with Crippen LogP contribution < -0.4 is 5.32 Å². The van der Waals surface area contributed by atoms with Crippen LogP contribution in [0.3, 0.4) is 0 Å². The van der Waals surface area contributed by atoms with Crippen molar-refractivity contribution in [2.45, 2.75) is 32.0 Å². The summed E-state index contributed by atoms with van der Waals surface area (Å²) in [5.74, 6) is -1.12. The Kier molecular flexibility index (Phi) is 4.10. The summed E-state index contributed by atoms with van der Waals surface area (Å²) in [5.41, 5.74) is 0.654. The number of hydrogen-bond donors (Lipinski definition) is 1. The third kappa shape index (κ3) is 3.36. The zero-order valence-corrected chi connectivity index (χ0v) is 14.8. The average Bonchev–Trinajstić information content (AvgIpc) is 3.17. The highest BCUT2D eigenvalue weighted by Crippen LogP contribution is 2.40. The van der Waals surface area contributed by atoms with Crippen molar-refractivity contribution in [2.24, 2.45) is 5.92 Å². The lowest BCUT2D eigenvalue weighted by molar-refractivity contribution is -0.158. The Morgan fingerprint density at radius 3 is 2.74 bits per heavy atom. The summed E-state index contributed by atoms with van der Waals surface area (Å²) in [5, 5.41) is 6.38. The Labute approximate surface area is 156 Å². The standard InChI is InChI=1S/C16H14ClF3N6O/c1-8-6-11(26-5-4-10(17)24-26)22-14-12(21-7-25(8)14)15(27)23-13(9-2-3-9)16(18,19)20/h4-7,9,13H,2-3H2,1H3,(H,23,27). The van der Waals surface area contributed by atoms with Gasteiger partial charge in [0, 0.05) is 18.0 Å². The fraction of sp³-hybridized carbons (Fsp3) is 0.375. The lowest BCUT2D eigenvalue weighted by Crippen LogP contribution is -2.47.